The number of hydrogen-bond donors (Lipinski definition) is 0. The van der Waals surface area contributed by atoms with Gasteiger partial charge in [-0.2, -0.15) is 0 Å². The molecule has 1 aliphatic carbocycles. The van der Waals surface area contributed by atoms with Crippen molar-refractivity contribution in [2.75, 3.05) is 26.2 Å². The monoisotopic (exact) mass is 382 g/mol. The minimum atomic E-state index is 0.319. The fourth-order valence-electron chi connectivity index (χ4n) is 4.95. The van der Waals surface area contributed by atoms with Crippen molar-refractivity contribution in [2.45, 2.75) is 70.5 Å². The molecule has 1 aliphatic heterocycles. The van der Waals surface area contributed by atoms with E-state index < -0.39 is 0 Å². The van der Waals surface area contributed by atoms with Gasteiger partial charge in [0.1, 0.15) is 0 Å². The highest BCUT2D eigenvalue weighted by Crippen LogP contribution is 2.27. The van der Waals surface area contributed by atoms with Crippen molar-refractivity contribution in [1.29, 1.82) is 0 Å². The molecule has 2 fully saturated rings. The summed E-state index contributed by atoms with van der Waals surface area (Å²) < 4.78 is 2.02. The van der Waals surface area contributed by atoms with Crippen LogP contribution in [0.2, 0.25) is 0 Å². The second-order valence-electron chi connectivity index (χ2n) is 8.28. The molecular weight excluding hydrogens is 348 g/mol. The lowest BCUT2D eigenvalue weighted by Crippen LogP contribution is -2.51. The maximum absolute atomic E-state index is 4.43. The van der Waals surface area contributed by atoms with Gasteiger partial charge in [0, 0.05) is 38.8 Å². The van der Waals surface area contributed by atoms with E-state index in [1.807, 2.05) is 4.68 Å². The summed E-state index contributed by atoms with van der Waals surface area (Å²) in [4.78, 5) is 5.34. The predicted molar refractivity (Wildman–Crippen MR) is 111 cm³/mol. The molecule has 0 radical (unpaired) electrons. The summed E-state index contributed by atoms with van der Waals surface area (Å²) in [5, 5.41) is 12.7. The van der Waals surface area contributed by atoms with Gasteiger partial charge in [-0.05, 0) is 41.7 Å². The zero-order valence-corrected chi connectivity index (χ0v) is 17.2. The molecule has 0 bridgehead atoms. The molecule has 6 heteroatoms. The molecule has 0 N–H and O–H groups in total. The zero-order valence-electron chi connectivity index (χ0n) is 17.2. The Morgan fingerprint density at radius 3 is 2.46 bits per heavy atom. The highest BCUT2D eigenvalue weighted by molar-refractivity contribution is 5.14. The van der Waals surface area contributed by atoms with Gasteiger partial charge < -0.3 is 0 Å². The van der Waals surface area contributed by atoms with Crippen molar-refractivity contribution in [2.24, 2.45) is 0 Å². The van der Waals surface area contributed by atoms with Crippen LogP contribution in [-0.4, -0.2) is 62.2 Å². The van der Waals surface area contributed by atoms with Crippen molar-refractivity contribution in [3.63, 3.8) is 0 Å². The SMILES string of the molecule is CCC(c1nnnn1CCc1ccccc1)N1CCN(C2CCCCC2)CC1. The molecule has 0 amide bonds. The first-order valence-corrected chi connectivity index (χ1v) is 11.1. The smallest absolute Gasteiger partial charge is 0.168 e. The van der Waals surface area contributed by atoms with Gasteiger partial charge in [-0.3, -0.25) is 9.80 Å². The topological polar surface area (TPSA) is 50.1 Å². The highest BCUT2D eigenvalue weighted by Gasteiger charge is 2.30. The number of aromatic nitrogens is 4. The number of nitrogens with zero attached hydrogens (tertiary/aromatic N) is 6. The van der Waals surface area contributed by atoms with Crippen LogP contribution in [0.3, 0.4) is 0 Å². The molecular formula is C22H34N6. The Balaban J connectivity index is 1.36. The summed E-state index contributed by atoms with van der Waals surface area (Å²) >= 11 is 0. The van der Waals surface area contributed by atoms with E-state index in [4.69, 9.17) is 0 Å². The number of piperazine rings is 1. The molecule has 1 atom stereocenters. The van der Waals surface area contributed by atoms with Crippen molar-refractivity contribution in [1.82, 2.24) is 30.0 Å². The number of tetrazole rings is 1. The fraction of sp³-hybridized carbons (Fsp3) is 0.682. The minimum Gasteiger partial charge on any atom is -0.298 e. The van der Waals surface area contributed by atoms with Crippen molar-refractivity contribution < 1.29 is 0 Å². The third-order valence-electron chi connectivity index (χ3n) is 6.58. The molecule has 1 saturated carbocycles. The van der Waals surface area contributed by atoms with E-state index in [-0.39, 0.29) is 0 Å². The maximum Gasteiger partial charge on any atom is 0.168 e. The molecule has 152 valence electrons. The van der Waals surface area contributed by atoms with Gasteiger partial charge in [0.2, 0.25) is 0 Å². The standard InChI is InChI=1S/C22H34N6/c1-2-21(27-17-15-26(16-18-27)20-11-7-4-8-12-20)22-23-24-25-28(22)14-13-19-9-5-3-6-10-19/h3,5-6,9-10,20-21H,2,4,7-8,11-18H2,1H3. The van der Waals surface area contributed by atoms with Gasteiger partial charge in [-0.15, -0.1) is 5.10 Å². The lowest BCUT2D eigenvalue weighted by atomic mass is 9.93. The van der Waals surface area contributed by atoms with Gasteiger partial charge in [0.05, 0.1) is 6.04 Å². The molecule has 1 aromatic heterocycles. The molecule has 0 spiro atoms. The Bertz CT molecular complexity index is 701. The van der Waals surface area contributed by atoms with Crippen LogP contribution in [-0.2, 0) is 13.0 Å². The van der Waals surface area contributed by atoms with Gasteiger partial charge in [-0.25, -0.2) is 4.68 Å². The number of hydrogen-bond acceptors (Lipinski definition) is 5. The molecule has 2 aromatic rings. The molecule has 6 nitrogen and oxygen atoms in total. The lowest BCUT2D eigenvalue weighted by Gasteiger charge is -2.42. The normalized spacial score (nSPS) is 21.0. The first-order valence-electron chi connectivity index (χ1n) is 11.1. The van der Waals surface area contributed by atoms with E-state index in [9.17, 15) is 0 Å². The van der Waals surface area contributed by atoms with E-state index >= 15 is 0 Å². The second kappa shape index (κ2) is 9.61. The largest absolute Gasteiger partial charge is 0.298 e. The minimum absolute atomic E-state index is 0.319. The highest BCUT2D eigenvalue weighted by atomic mass is 15.5. The molecule has 2 aliphatic rings. The fourth-order valence-corrected chi connectivity index (χ4v) is 4.95. The maximum atomic E-state index is 4.43. The summed E-state index contributed by atoms with van der Waals surface area (Å²) in [6, 6.07) is 11.7. The van der Waals surface area contributed by atoms with Crippen LogP contribution in [0, 0.1) is 0 Å². The first kappa shape index (κ1) is 19.5. The Labute approximate surface area is 168 Å². The van der Waals surface area contributed by atoms with E-state index in [0.29, 0.717) is 6.04 Å². The Morgan fingerprint density at radius 2 is 1.75 bits per heavy atom. The van der Waals surface area contributed by atoms with Crippen LogP contribution in [0.25, 0.3) is 0 Å². The number of aryl methyl sites for hydroxylation is 2. The van der Waals surface area contributed by atoms with Gasteiger partial charge in [-0.1, -0.05) is 56.5 Å². The molecule has 2 heterocycles. The third-order valence-corrected chi connectivity index (χ3v) is 6.58. The summed E-state index contributed by atoms with van der Waals surface area (Å²) in [7, 11) is 0. The van der Waals surface area contributed by atoms with Crippen LogP contribution in [0.5, 0.6) is 0 Å². The quantitative estimate of drug-likeness (QED) is 0.735. The first-order chi connectivity index (χ1) is 13.8. The van der Waals surface area contributed by atoms with Crippen molar-refractivity contribution in [3.8, 4) is 0 Å². The van der Waals surface area contributed by atoms with Crippen LogP contribution in [0.4, 0.5) is 0 Å². The Hall–Kier alpha value is -1.79. The molecule has 1 unspecified atom stereocenters. The van der Waals surface area contributed by atoms with Crippen LogP contribution >= 0.6 is 0 Å². The zero-order chi connectivity index (χ0) is 19.2. The summed E-state index contributed by atoms with van der Waals surface area (Å²) in [6.07, 6.45) is 9.07. The van der Waals surface area contributed by atoms with Crippen LogP contribution < -0.4 is 0 Å². The van der Waals surface area contributed by atoms with E-state index in [1.54, 1.807) is 0 Å². The average Bonchev–Trinajstić information content (AvgIpc) is 3.23. The number of benzene rings is 1. The summed E-state index contributed by atoms with van der Waals surface area (Å²) in [5.41, 5.74) is 1.33. The third kappa shape index (κ3) is 4.61. The predicted octanol–water partition coefficient (Wildman–Crippen LogP) is 3.32. The molecule has 4 rings (SSSR count). The van der Waals surface area contributed by atoms with Gasteiger partial charge in [0.15, 0.2) is 5.82 Å². The average molecular weight is 383 g/mol. The van der Waals surface area contributed by atoms with Crippen molar-refractivity contribution >= 4 is 0 Å². The Morgan fingerprint density at radius 1 is 1.00 bits per heavy atom. The van der Waals surface area contributed by atoms with Crippen molar-refractivity contribution in [3.05, 3.63) is 41.7 Å². The van der Waals surface area contributed by atoms with Gasteiger partial charge >= 0.3 is 0 Å². The lowest BCUT2D eigenvalue weighted by molar-refractivity contribution is 0.0515. The summed E-state index contributed by atoms with van der Waals surface area (Å²) in [5.74, 6) is 1.03. The molecule has 28 heavy (non-hydrogen) atoms. The van der Waals surface area contributed by atoms with Crippen LogP contribution in [0.1, 0.15) is 62.9 Å². The summed E-state index contributed by atoms with van der Waals surface area (Å²) in [6.45, 7) is 7.72. The van der Waals surface area contributed by atoms with Gasteiger partial charge in [0.25, 0.3) is 0 Å². The van der Waals surface area contributed by atoms with E-state index in [2.05, 4.69) is 62.6 Å². The molecule has 1 saturated heterocycles. The molecule has 1 aromatic carbocycles. The number of rotatable bonds is 7. The van der Waals surface area contributed by atoms with E-state index in [0.717, 1.165) is 44.3 Å². The van der Waals surface area contributed by atoms with E-state index in [1.165, 1.54) is 50.8 Å². The van der Waals surface area contributed by atoms with Crippen LogP contribution in [0.15, 0.2) is 30.3 Å². The Kier molecular flexibility index (Phi) is 6.70. The second-order valence-corrected chi connectivity index (χ2v) is 8.28.